The van der Waals surface area contributed by atoms with Gasteiger partial charge in [0, 0.05) is 12.3 Å². The third kappa shape index (κ3) is 5.11. The second kappa shape index (κ2) is 9.10. The zero-order valence-corrected chi connectivity index (χ0v) is 13.9. The highest BCUT2D eigenvalue weighted by Gasteiger charge is 2.25. The Hall–Kier alpha value is -2.31. The van der Waals surface area contributed by atoms with Crippen LogP contribution < -0.4 is 10.6 Å². The summed E-state index contributed by atoms with van der Waals surface area (Å²) in [5.74, 6) is -1.23. The molecule has 2 rings (SSSR count). The van der Waals surface area contributed by atoms with Crippen LogP contribution in [-0.2, 0) is 16.1 Å². The monoisotopic (exact) mass is 344 g/mol. The minimum absolute atomic E-state index is 0.264. The van der Waals surface area contributed by atoms with Crippen LogP contribution in [0.2, 0.25) is 0 Å². The predicted molar refractivity (Wildman–Crippen MR) is 95.9 cm³/mol. The lowest BCUT2D eigenvalue weighted by molar-refractivity contribution is -0.142. The topological polar surface area (TPSA) is 78.4 Å². The molecule has 0 fully saturated rings. The number of carbonyl (C=O) groups is 2. The SMILES string of the molecule is O=C(N[C@@H](C(=O)O)c1ccccc1)[C@H](CS)NCc1ccccc1. The molecule has 0 bridgehead atoms. The number of amides is 1. The molecule has 126 valence electrons. The molecule has 0 unspecified atom stereocenters. The van der Waals surface area contributed by atoms with E-state index in [0.717, 1.165) is 5.56 Å². The van der Waals surface area contributed by atoms with Crippen LogP contribution in [0.4, 0.5) is 0 Å². The molecule has 6 heteroatoms. The maximum Gasteiger partial charge on any atom is 0.330 e. The Morgan fingerprint density at radius 1 is 1.00 bits per heavy atom. The molecule has 0 aliphatic rings. The van der Waals surface area contributed by atoms with Crippen LogP contribution in [-0.4, -0.2) is 28.8 Å². The number of rotatable bonds is 8. The molecule has 2 atom stereocenters. The second-order valence-electron chi connectivity index (χ2n) is 5.29. The smallest absolute Gasteiger partial charge is 0.330 e. The molecule has 5 nitrogen and oxygen atoms in total. The first kappa shape index (κ1) is 18.0. The number of aliphatic carboxylic acids is 1. The molecule has 0 heterocycles. The number of carboxylic acid groups (broad SMARTS) is 1. The first-order valence-corrected chi connectivity index (χ1v) is 8.21. The van der Waals surface area contributed by atoms with Crippen molar-refractivity contribution in [2.45, 2.75) is 18.6 Å². The zero-order chi connectivity index (χ0) is 17.4. The summed E-state index contributed by atoms with van der Waals surface area (Å²) < 4.78 is 0. The highest BCUT2D eigenvalue weighted by atomic mass is 32.1. The Labute approximate surface area is 146 Å². The Bertz CT molecular complexity index is 664. The molecular weight excluding hydrogens is 324 g/mol. The van der Waals surface area contributed by atoms with Gasteiger partial charge in [0.1, 0.15) is 0 Å². The summed E-state index contributed by atoms with van der Waals surface area (Å²) >= 11 is 4.19. The Morgan fingerprint density at radius 3 is 2.12 bits per heavy atom. The van der Waals surface area contributed by atoms with Crippen molar-refractivity contribution in [3.63, 3.8) is 0 Å². The molecule has 2 aromatic rings. The molecule has 0 spiro atoms. The van der Waals surface area contributed by atoms with Crippen molar-refractivity contribution in [3.05, 3.63) is 71.8 Å². The first-order valence-electron chi connectivity index (χ1n) is 7.58. The number of nitrogens with one attached hydrogen (secondary N) is 2. The summed E-state index contributed by atoms with van der Waals surface area (Å²) in [5, 5.41) is 15.1. The van der Waals surface area contributed by atoms with Crippen molar-refractivity contribution in [2.75, 3.05) is 5.75 Å². The van der Waals surface area contributed by atoms with E-state index in [1.807, 2.05) is 30.3 Å². The Morgan fingerprint density at radius 2 is 1.58 bits per heavy atom. The van der Waals surface area contributed by atoms with E-state index in [1.165, 1.54) is 0 Å². The van der Waals surface area contributed by atoms with Crippen molar-refractivity contribution < 1.29 is 14.7 Å². The standard InChI is InChI=1S/C18H20N2O3S/c21-17(15(12-24)19-11-13-7-3-1-4-8-13)20-16(18(22)23)14-9-5-2-6-10-14/h1-10,15-16,19,24H,11-12H2,(H,20,21)(H,22,23)/t15-,16+/m0/s1. The summed E-state index contributed by atoms with van der Waals surface area (Å²) in [4.78, 5) is 23.9. The predicted octanol–water partition coefficient (Wildman–Crippen LogP) is 2.02. The van der Waals surface area contributed by atoms with E-state index in [0.29, 0.717) is 12.1 Å². The van der Waals surface area contributed by atoms with Crippen LogP contribution in [0.1, 0.15) is 17.2 Å². The lowest BCUT2D eigenvalue weighted by atomic mass is 10.1. The molecule has 0 radical (unpaired) electrons. The number of thiol groups is 1. The normalized spacial score (nSPS) is 13.0. The van der Waals surface area contributed by atoms with Crippen molar-refractivity contribution in [2.24, 2.45) is 0 Å². The van der Waals surface area contributed by atoms with E-state index >= 15 is 0 Å². The first-order chi connectivity index (χ1) is 11.6. The minimum Gasteiger partial charge on any atom is -0.479 e. The summed E-state index contributed by atoms with van der Waals surface area (Å²) in [6.45, 7) is 0.503. The van der Waals surface area contributed by atoms with E-state index < -0.39 is 24.0 Å². The maximum absolute atomic E-state index is 12.4. The van der Waals surface area contributed by atoms with E-state index in [4.69, 9.17) is 0 Å². The van der Waals surface area contributed by atoms with Crippen LogP contribution >= 0.6 is 12.6 Å². The molecular formula is C18H20N2O3S. The van der Waals surface area contributed by atoms with Crippen molar-refractivity contribution in [3.8, 4) is 0 Å². The summed E-state index contributed by atoms with van der Waals surface area (Å²) in [6.07, 6.45) is 0. The van der Waals surface area contributed by atoms with Crippen molar-refractivity contribution >= 4 is 24.5 Å². The Balaban J connectivity index is 2.00. The number of hydrogen-bond donors (Lipinski definition) is 4. The summed E-state index contributed by atoms with van der Waals surface area (Å²) in [6, 6.07) is 16.6. The molecule has 3 N–H and O–H groups in total. The molecule has 0 aromatic heterocycles. The minimum atomic E-state index is -1.10. The van der Waals surface area contributed by atoms with Gasteiger partial charge in [0.2, 0.25) is 5.91 Å². The van der Waals surface area contributed by atoms with Crippen LogP contribution in [0.5, 0.6) is 0 Å². The van der Waals surface area contributed by atoms with Crippen LogP contribution in [0.15, 0.2) is 60.7 Å². The Kier molecular flexibility index (Phi) is 6.84. The van der Waals surface area contributed by atoms with E-state index in [-0.39, 0.29) is 5.75 Å². The molecule has 0 saturated heterocycles. The largest absolute Gasteiger partial charge is 0.479 e. The molecule has 2 aromatic carbocycles. The van der Waals surface area contributed by atoms with E-state index in [2.05, 4.69) is 23.3 Å². The fourth-order valence-corrected chi connectivity index (χ4v) is 2.55. The average molecular weight is 344 g/mol. The second-order valence-corrected chi connectivity index (χ2v) is 5.66. The van der Waals surface area contributed by atoms with Gasteiger partial charge in [-0.25, -0.2) is 4.79 Å². The highest BCUT2D eigenvalue weighted by molar-refractivity contribution is 7.80. The number of carboxylic acids is 1. The lowest BCUT2D eigenvalue weighted by Crippen LogP contribution is -2.47. The zero-order valence-electron chi connectivity index (χ0n) is 13.1. The van der Waals surface area contributed by atoms with Crippen molar-refractivity contribution in [1.29, 1.82) is 0 Å². The van der Waals surface area contributed by atoms with E-state index in [1.54, 1.807) is 30.3 Å². The molecule has 0 saturated carbocycles. The van der Waals surface area contributed by atoms with Crippen LogP contribution in [0.3, 0.4) is 0 Å². The van der Waals surface area contributed by atoms with Gasteiger partial charge < -0.3 is 15.7 Å². The molecule has 1 amide bonds. The third-order valence-electron chi connectivity index (χ3n) is 3.56. The van der Waals surface area contributed by atoms with Gasteiger partial charge in [-0.05, 0) is 11.1 Å². The maximum atomic E-state index is 12.4. The fraction of sp³-hybridized carbons (Fsp3) is 0.222. The number of hydrogen-bond acceptors (Lipinski definition) is 4. The van der Waals surface area contributed by atoms with Gasteiger partial charge in [0.05, 0.1) is 6.04 Å². The quantitative estimate of drug-likeness (QED) is 0.553. The molecule has 24 heavy (non-hydrogen) atoms. The van der Waals surface area contributed by atoms with Gasteiger partial charge in [0.15, 0.2) is 6.04 Å². The average Bonchev–Trinajstić information content (AvgIpc) is 2.61. The van der Waals surface area contributed by atoms with Gasteiger partial charge in [-0.15, -0.1) is 0 Å². The van der Waals surface area contributed by atoms with Crippen LogP contribution in [0.25, 0.3) is 0 Å². The number of benzene rings is 2. The van der Waals surface area contributed by atoms with Gasteiger partial charge in [-0.3, -0.25) is 4.79 Å². The fourth-order valence-electron chi connectivity index (χ4n) is 2.25. The summed E-state index contributed by atoms with van der Waals surface area (Å²) in [7, 11) is 0. The van der Waals surface area contributed by atoms with Gasteiger partial charge in [0.25, 0.3) is 0 Å². The van der Waals surface area contributed by atoms with E-state index in [9.17, 15) is 14.7 Å². The lowest BCUT2D eigenvalue weighted by Gasteiger charge is -2.20. The molecule has 0 aliphatic carbocycles. The summed E-state index contributed by atoms with van der Waals surface area (Å²) in [5.41, 5.74) is 1.56. The van der Waals surface area contributed by atoms with Crippen molar-refractivity contribution in [1.82, 2.24) is 10.6 Å². The highest BCUT2D eigenvalue weighted by Crippen LogP contribution is 2.13. The van der Waals surface area contributed by atoms with Gasteiger partial charge in [-0.1, -0.05) is 60.7 Å². The number of carbonyl (C=O) groups excluding carboxylic acids is 1. The van der Waals surface area contributed by atoms with Gasteiger partial charge in [-0.2, -0.15) is 12.6 Å². The van der Waals surface area contributed by atoms with Gasteiger partial charge >= 0.3 is 5.97 Å². The third-order valence-corrected chi connectivity index (χ3v) is 3.93. The van der Waals surface area contributed by atoms with Crippen LogP contribution in [0, 0.1) is 0 Å². The molecule has 0 aliphatic heterocycles.